The Bertz CT molecular complexity index is 312. The van der Waals surface area contributed by atoms with Gasteiger partial charge in [-0.1, -0.05) is 32.4 Å². The summed E-state index contributed by atoms with van der Waals surface area (Å²) < 4.78 is 18.7. The third-order valence-corrected chi connectivity index (χ3v) is 2.43. The number of para-hydroxylation sites is 1. The second-order valence-electron chi connectivity index (χ2n) is 3.71. The summed E-state index contributed by atoms with van der Waals surface area (Å²) >= 11 is 0. The quantitative estimate of drug-likeness (QED) is 0.813. The van der Waals surface area contributed by atoms with Crippen LogP contribution in [0.2, 0.25) is 0 Å². The van der Waals surface area contributed by atoms with Crippen molar-refractivity contribution in [2.45, 2.75) is 26.9 Å². The number of hydrogen-bond donors (Lipinski definition) is 1. The van der Waals surface area contributed by atoms with E-state index in [0.717, 1.165) is 6.42 Å². The van der Waals surface area contributed by atoms with Gasteiger partial charge in [0, 0.05) is 5.56 Å². The van der Waals surface area contributed by atoms with Crippen molar-refractivity contribution in [1.29, 1.82) is 0 Å². The molecular weight excluding hydrogens is 195 g/mol. The molecule has 0 amide bonds. The summed E-state index contributed by atoms with van der Waals surface area (Å²) in [6, 6.07) is 4.57. The number of aliphatic hydroxyl groups is 1. The van der Waals surface area contributed by atoms with Gasteiger partial charge in [-0.3, -0.25) is 0 Å². The molecule has 0 heterocycles. The van der Waals surface area contributed by atoms with Gasteiger partial charge in [0.25, 0.3) is 0 Å². The Morgan fingerprint density at radius 1 is 1.47 bits per heavy atom. The molecule has 0 fully saturated rings. The van der Waals surface area contributed by atoms with Crippen molar-refractivity contribution in [2.24, 2.45) is 5.92 Å². The van der Waals surface area contributed by atoms with Crippen LogP contribution in [0.1, 0.15) is 25.8 Å². The van der Waals surface area contributed by atoms with Gasteiger partial charge in [-0.15, -0.1) is 0 Å². The van der Waals surface area contributed by atoms with Gasteiger partial charge >= 0.3 is 0 Å². The fraction of sp³-hybridized carbons (Fsp3) is 0.500. The fourth-order valence-electron chi connectivity index (χ4n) is 1.18. The van der Waals surface area contributed by atoms with Crippen LogP contribution in [0.25, 0.3) is 0 Å². The molecule has 0 aliphatic heterocycles. The van der Waals surface area contributed by atoms with Crippen LogP contribution >= 0.6 is 0 Å². The van der Waals surface area contributed by atoms with Gasteiger partial charge in [0.1, 0.15) is 0 Å². The fourth-order valence-corrected chi connectivity index (χ4v) is 1.18. The first kappa shape index (κ1) is 12.0. The highest BCUT2D eigenvalue weighted by Gasteiger charge is 2.10. The van der Waals surface area contributed by atoms with Crippen molar-refractivity contribution in [3.63, 3.8) is 0 Å². The van der Waals surface area contributed by atoms with E-state index in [4.69, 9.17) is 9.84 Å². The van der Waals surface area contributed by atoms with Crippen LogP contribution in [0.15, 0.2) is 18.2 Å². The van der Waals surface area contributed by atoms with Crippen molar-refractivity contribution in [3.05, 3.63) is 29.6 Å². The zero-order chi connectivity index (χ0) is 11.3. The molecule has 0 radical (unpaired) electrons. The van der Waals surface area contributed by atoms with Crippen LogP contribution < -0.4 is 4.74 Å². The Kier molecular flexibility index (Phi) is 4.56. The molecular formula is C12H17FO2. The Labute approximate surface area is 89.7 Å². The molecule has 0 saturated carbocycles. The van der Waals surface area contributed by atoms with Gasteiger partial charge < -0.3 is 9.84 Å². The molecule has 15 heavy (non-hydrogen) atoms. The van der Waals surface area contributed by atoms with E-state index >= 15 is 0 Å². The van der Waals surface area contributed by atoms with Crippen LogP contribution in [0.5, 0.6) is 5.75 Å². The monoisotopic (exact) mass is 212 g/mol. The molecule has 1 N–H and O–H groups in total. The summed E-state index contributed by atoms with van der Waals surface area (Å²) in [6.07, 6.45) is 0.989. The van der Waals surface area contributed by atoms with E-state index < -0.39 is 5.82 Å². The van der Waals surface area contributed by atoms with Crippen molar-refractivity contribution in [1.82, 2.24) is 0 Å². The summed E-state index contributed by atoms with van der Waals surface area (Å²) in [5, 5.41) is 9.02. The van der Waals surface area contributed by atoms with Crippen molar-refractivity contribution in [2.75, 3.05) is 6.61 Å². The summed E-state index contributed by atoms with van der Waals surface area (Å²) in [5.74, 6) is 0.154. The number of aliphatic hydroxyl groups excluding tert-OH is 1. The van der Waals surface area contributed by atoms with Crippen molar-refractivity contribution >= 4 is 0 Å². The van der Waals surface area contributed by atoms with E-state index in [0.29, 0.717) is 18.1 Å². The lowest BCUT2D eigenvalue weighted by molar-refractivity contribution is 0.228. The Morgan fingerprint density at radius 3 is 2.80 bits per heavy atom. The average Bonchev–Trinajstić information content (AvgIpc) is 2.26. The Morgan fingerprint density at radius 2 is 2.20 bits per heavy atom. The zero-order valence-corrected chi connectivity index (χ0v) is 9.16. The lowest BCUT2D eigenvalue weighted by Crippen LogP contribution is -2.09. The maximum absolute atomic E-state index is 13.4. The highest BCUT2D eigenvalue weighted by atomic mass is 19.1. The van der Waals surface area contributed by atoms with E-state index in [1.54, 1.807) is 12.1 Å². The lowest BCUT2D eigenvalue weighted by atomic mass is 10.1. The Hall–Kier alpha value is -1.09. The van der Waals surface area contributed by atoms with E-state index in [1.165, 1.54) is 6.07 Å². The molecule has 1 atom stereocenters. The normalized spacial score (nSPS) is 12.5. The number of rotatable bonds is 5. The highest BCUT2D eigenvalue weighted by molar-refractivity contribution is 5.34. The molecule has 1 unspecified atom stereocenters. The minimum Gasteiger partial charge on any atom is -0.490 e. The first-order chi connectivity index (χ1) is 7.19. The van der Waals surface area contributed by atoms with E-state index in [2.05, 4.69) is 6.92 Å². The van der Waals surface area contributed by atoms with Gasteiger partial charge in [0.05, 0.1) is 13.2 Å². The predicted molar refractivity (Wildman–Crippen MR) is 57.3 cm³/mol. The third-order valence-electron chi connectivity index (χ3n) is 2.43. The topological polar surface area (TPSA) is 29.5 Å². The zero-order valence-electron chi connectivity index (χ0n) is 9.16. The Balaban J connectivity index is 2.74. The minimum atomic E-state index is -0.412. The molecule has 2 nitrogen and oxygen atoms in total. The second-order valence-corrected chi connectivity index (χ2v) is 3.71. The van der Waals surface area contributed by atoms with Gasteiger partial charge in [-0.05, 0) is 12.0 Å². The summed E-state index contributed by atoms with van der Waals surface area (Å²) in [4.78, 5) is 0. The van der Waals surface area contributed by atoms with E-state index in [1.807, 2.05) is 6.92 Å². The SMILES string of the molecule is CCC(C)COc1c(F)cccc1CO. The van der Waals surface area contributed by atoms with Crippen molar-refractivity contribution in [3.8, 4) is 5.75 Å². The number of ether oxygens (including phenoxy) is 1. The first-order valence-electron chi connectivity index (χ1n) is 5.20. The largest absolute Gasteiger partial charge is 0.490 e. The van der Waals surface area contributed by atoms with Crippen LogP contribution in [0.3, 0.4) is 0 Å². The third kappa shape index (κ3) is 3.20. The maximum atomic E-state index is 13.4. The first-order valence-corrected chi connectivity index (χ1v) is 5.20. The molecule has 84 valence electrons. The molecule has 0 aliphatic rings. The molecule has 1 rings (SSSR count). The van der Waals surface area contributed by atoms with E-state index in [9.17, 15) is 4.39 Å². The molecule has 0 aromatic heterocycles. The van der Waals surface area contributed by atoms with Gasteiger partial charge in [-0.2, -0.15) is 0 Å². The molecule has 0 spiro atoms. The highest BCUT2D eigenvalue weighted by Crippen LogP contribution is 2.23. The molecule has 0 saturated heterocycles. The number of hydrogen-bond acceptors (Lipinski definition) is 2. The number of halogens is 1. The predicted octanol–water partition coefficient (Wildman–Crippen LogP) is 2.74. The summed E-state index contributed by atoms with van der Waals surface area (Å²) in [5.41, 5.74) is 0.498. The standard InChI is InChI=1S/C12H17FO2/c1-3-9(2)8-15-12-10(7-14)5-4-6-11(12)13/h4-6,9,14H,3,7-8H2,1-2H3. The summed E-state index contributed by atoms with van der Waals surface area (Å²) in [7, 11) is 0. The molecule has 0 bridgehead atoms. The lowest BCUT2D eigenvalue weighted by Gasteiger charge is -2.14. The smallest absolute Gasteiger partial charge is 0.165 e. The molecule has 1 aromatic carbocycles. The van der Waals surface area contributed by atoms with Gasteiger partial charge in [0.15, 0.2) is 11.6 Å². The van der Waals surface area contributed by atoms with Crippen molar-refractivity contribution < 1.29 is 14.2 Å². The van der Waals surface area contributed by atoms with E-state index in [-0.39, 0.29) is 12.4 Å². The number of benzene rings is 1. The molecule has 3 heteroatoms. The van der Waals surface area contributed by atoms with Gasteiger partial charge in [0.2, 0.25) is 0 Å². The maximum Gasteiger partial charge on any atom is 0.165 e. The van der Waals surface area contributed by atoms with Gasteiger partial charge in [-0.25, -0.2) is 4.39 Å². The average molecular weight is 212 g/mol. The summed E-state index contributed by atoms with van der Waals surface area (Å²) in [6.45, 7) is 4.37. The molecule has 0 aliphatic carbocycles. The van der Waals surface area contributed by atoms with Crippen LogP contribution in [-0.2, 0) is 6.61 Å². The molecule has 1 aromatic rings. The van der Waals surface area contributed by atoms with Crippen LogP contribution in [0.4, 0.5) is 4.39 Å². The second kappa shape index (κ2) is 5.71. The minimum absolute atomic E-state index is 0.181. The van der Waals surface area contributed by atoms with Crippen LogP contribution in [-0.4, -0.2) is 11.7 Å². The van der Waals surface area contributed by atoms with Crippen LogP contribution in [0, 0.1) is 11.7 Å².